The van der Waals surface area contributed by atoms with Gasteiger partial charge < -0.3 is 5.11 Å². The summed E-state index contributed by atoms with van der Waals surface area (Å²) in [5.74, 6) is -0.403. The summed E-state index contributed by atoms with van der Waals surface area (Å²) in [5, 5.41) is 10.1. The number of Topliss-reactive ketones (excluding diaryl/α,β-unsaturated/α-hetero) is 1. The number of aliphatic hydroxyl groups excluding tert-OH is 1. The number of hydrogen-bond donors (Lipinski definition) is 1. The molecule has 0 amide bonds. The standard InChI is InChI=1S/C11H13ClO2/c1-7(2)10(13)11(14)8-5-3-4-6-9(8)12/h3-7,11,14H,1-2H3/t11-/m1/s1. The SMILES string of the molecule is CC(C)C(=O)[C@H](O)c1ccccc1Cl. The van der Waals surface area contributed by atoms with Crippen LogP contribution in [0.25, 0.3) is 0 Å². The third kappa shape index (κ3) is 2.34. The molecule has 0 fully saturated rings. The van der Waals surface area contributed by atoms with E-state index in [1.807, 2.05) is 0 Å². The number of hydrogen-bond acceptors (Lipinski definition) is 2. The van der Waals surface area contributed by atoms with Crippen LogP contribution >= 0.6 is 11.6 Å². The van der Waals surface area contributed by atoms with E-state index in [1.165, 1.54) is 0 Å². The lowest BCUT2D eigenvalue weighted by Crippen LogP contribution is -2.17. The number of halogens is 1. The van der Waals surface area contributed by atoms with Crippen molar-refractivity contribution in [1.29, 1.82) is 0 Å². The van der Waals surface area contributed by atoms with Gasteiger partial charge in [0.1, 0.15) is 6.10 Å². The first-order valence-electron chi connectivity index (χ1n) is 4.50. The zero-order chi connectivity index (χ0) is 10.7. The van der Waals surface area contributed by atoms with Crippen LogP contribution in [0.1, 0.15) is 25.5 Å². The molecule has 3 heteroatoms. The molecule has 0 saturated heterocycles. The van der Waals surface area contributed by atoms with E-state index in [0.29, 0.717) is 10.6 Å². The molecular weight excluding hydrogens is 200 g/mol. The van der Waals surface area contributed by atoms with Crippen LogP contribution in [-0.2, 0) is 4.79 Å². The summed E-state index contributed by atoms with van der Waals surface area (Å²) in [7, 11) is 0. The van der Waals surface area contributed by atoms with E-state index in [9.17, 15) is 9.90 Å². The Bertz CT molecular complexity index is 334. The van der Waals surface area contributed by atoms with Crippen LogP contribution in [0.3, 0.4) is 0 Å². The molecule has 76 valence electrons. The van der Waals surface area contributed by atoms with Crippen molar-refractivity contribution < 1.29 is 9.90 Å². The minimum atomic E-state index is -1.11. The topological polar surface area (TPSA) is 37.3 Å². The molecule has 0 saturated carbocycles. The number of carbonyl (C=O) groups is 1. The molecule has 1 aromatic rings. The number of ketones is 1. The molecule has 1 rings (SSSR count). The second-order valence-electron chi connectivity index (χ2n) is 3.48. The van der Waals surface area contributed by atoms with Crippen molar-refractivity contribution >= 4 is 17.4 Å². The van der Waals surface area contributed by atoms with Crippen molar-refractivity contribution in [1.82, 2.24) is 0 Å². The van der Waals surface area contributed by atoms with Gasteiger partial charge in [-0.1, -0.05) is 43.6 Å². The minimum absolute atomic E-state index is 0.193. The molecule has 0 spiro atoms. The largest absolute Gasteiger partial charge is 0.380 e. The Labute approximate surface area is 88.5 Å². The lowest BCUT2D eigenvalue weighted by Gasteiger charge is -2.13. The highest BCUT2D eigenvalue weighted by Crippen LogP contribution is 2.24. The van der Waals surface area contributed by atoms with Crippen LogP contribution in [-0.4, -0.2) is 10.9 Å². The van der Waals surface area contributed by atoms with E-state index in [1.54, 1.807) is 38.1 Å². The van der Waals surface area contributed by atoms with Gasteiger partial charge in [0.15, 0.2) is 5.78 Å². The van der Waals surface area contributed by atoms with Gasteiger partial charge in [0.05, 0.1) is 0 Å². The fraction of sp³-hybridized carbons (Fsp3) is 0.364. The zero-order valence-electron chi connectivity index (χ0n) is 8.20. The summed E-state index contributed by atoms with van der Waals surface area (Å²) in [4.78, 5) is 11.5. The molecule has 14 heavy (non-hydrogen) atoms. The van der Waals surface area contributed by atoms with Gasteiger partial charge in [-0.25, -0.2) is 0 Å². The molecule has 0 unspecified atom stereocenters. The maximum Gasteiger partial charge on any atom is 0.168 e. The number of carbonyl (C=O) groups excluding carboxylic acids is 1. The molecule has 0 bridgehead atoms. The van der Waals surface area contributed by atoms with Crippen molar-refractivity contribution in [3.8, 4) is 0 Å². The second-order valence-corrected chi connectivity index (χ2v) is 3.89. The Hall–Kier alpha value is -0.860. The van der Waals surface area contributed by atoms with Crippen LogP contribution in [0.4, 0.5) is 0 Å². The molecule has 0 heterocycles. The minimum Gasteiger partial charge on any atom is -0.380 e. The number of benzene rings is 1. The van der Waals surface area contributed by atoms with Crippen molar-refractivity contribution in [2.75, 3.05) is 0 Å². The normalized spacial score (nSPS) is 12.9. The molecule has 0 aliphatic carbocycles. The molecule has 1 atom stereocenters. The van der Waals surface area contributed by atoms with Crippen LogP contribution in [0, 0.1) is 5.92 Å². The van der Waals surface area contributed by atoms with Gasteiger partial charge in [0.2, 0.25) is 0 Å². The predicted molar refractivity (Wildman–Crippen MR) is 56.3 cm³/mol. The molecule has 0 radical (unpaired) electrons. The Kier molecular flexibility index (Phi) is 3.67. The lowest BCUT2D eigenvalue weighted by molar-refractivity contribution is -0.130. The van der Waals surface area contributed by atoms with Crippen LogP contribution in [0.15, 0.2) is 24.3 Å². The maximum absolute atomic E-state index is 11.5. The van der Waals surface area contributed by atoms with Crippen molar-refractivity contribution in [3.63, 3.8) is 0 Å². The van der Waals surface area contributed by atoms with Gasteiger partial charge in [-0.3, -0.25) is 4.79 Å². The monoisotopic (exact) mass is 212 g/mol. The van der Waals surface area contributed by atoms with E-state index < -0.39 is 6.10 Å². The van der Waals surface area contributed by atoms with Gasteiger partial charge >= 0.3 is 0 Å². The molecule has 0 aliphatic heterocycles. The van der Waals surface area contributed by atoms with Crippen LogP contribution < -0.4 is 0 Å². The lowest BCUT2D eigenvalue weighted by atomic mass is 9.98. The summed E-state index contributed by atoms with van der Waals surface area (Å²) in [5.41, 5.74) is 0.480. The van der Waals surface area contributed by atoms with Crippen LogP contribution in [0.2, 0.25) is 5.02 Å². The summed E-state index contributed by atoms with van der Waals surface area (Å²) in [6, 6.07) is 6.83. The summed E-state index contributed by atoms with van der Waals surface area (Å²) in [6.45, 7) is 3.50. The Morgan fingerprint density at radius 2 is 1.93 bits per heavy atom. The third-order valence-electron chi connectivity index (χ3n) is 2.04. The first kappa shape index (κ1) is 11.2. The molecule has 0 aliphatic rings. The highest BCUT2D eigenvalue weighted by atomic mass is 35.5. The number of aliphatic hydroxyl groups is 1. The first-order chi connectivity index (χ1) is 6.54. The van der Waals surface area contributed by atoms with E-state index in [-0.39, 0.29) is 11.7 Å². The Balaban J connectivity index is 2.95. The first-order valence-corrected chi connectivity index (χ1v) is 4.88. The van der Waals surface area contributed by atoms with Gasteiger partial charge in [-0.05, 0) is 6.07 Å². The Morgan fingerprint density at radius 1 is 1.36 bits per heavy atom. The second kappa shape index (κ2) is 4.58. The van der Waals surface area contributed by atoms with Gasteiger partial charge in [-0.2, -0.15) is 0 Å². The average molecular weight is 213 g/mol. The fourth-order valence-electron chi connectivity index (χ4n) is 1.17. The van der Waals surface area contributed by atoms with Gasteiger partial charge in [-0.15, -0.1) is 0 Å². The highest BCUT2D eigenvalue weighted by molar-refractivity contribution is 6.31. The van der Waals surface area contributed by atoms with E-state index in [0.717, 1.165) is 0 Å². The molecule has 2 nitrogen and oxygen atoms in total. The van der Waals surface area contributed by atoms with Gasteiger partial charge in [0, 0.05) is 16.5 Å². The molecular formula is C11H13ClO2. The van der Waals surface area contributed by atoms with E-state index >= 15 is 0 Å². The van der Waals surface area contributed by atoms with Crippen LogP contribution in [0.5, 0.6) is 0 Å². The van der Waals surface area contributed by atoms with E-state index in [2.05, 4.69) is 0 Å². The maximum atomic E-state index is 11.5. The predicted octanol–water partition coefficient (Wildman–Crippen LogP) is 2.60. The highest BCUT2D eigenvalue weighted by Gasteiger charge is 2.21. The van der Waals surface area contributed by atoms with Gasteiger partial charge in [0.25, 0.3) is 0 Å². The molecule has 0 aromatic heterocycles. The summed E-state index contributed by atoms with van der Waals surface area (Å²) < 4.78 is 0. The average Bonchev–Trinajstić information content (AvgIpc) is 2.16. The Morgan fingerprint density at radius 3 is 2.43 bits per heavy atom. The number of rotatable bonds is 3. The van der Waals surface area contributed by atoms with Crippen molar-refractivity contribution in [2.45, 2.75) is 20.0 Å². The fourth-order valence-corrected chi connectivity index (χ4v) is 1.40. The quantitative estimate of drug-likeness (QED) is 0.836. The smallest absolute Gasteiger partial charge is 0.168 e. The van der Waals surface area contributed by atoms with E-state index in [4.69, 9.17) is 11.6 Å². The summed E-state index contributed by atoms with van der Waals surface area (Å²) in [6.07, 6.45) is -1.11. The molecule has 1 N–H and O–H groups in total. The summed E-state index contributed by atoms with van der Waals surface area (Å²) >= 11 is 5.86. The zero-order valence-corrected chi connectivity index (χ0v) is 8.95. The van der Waals surface area contributed by atoms with Crippen molar-refractivity contribution in [2.24, 2.45) is 5.92 Å². The van der Waals surface area contributed by atoms with Crippen molar-refractivity contribution in [3.05, 3.63) is 34.9 Å². The third-order valence-corrected chi connectivity index (χ3v) is 2.38. The molecule has 1 aromatic carbocycles.